The van der Waals surface area contributed by atoms with Crippen LogP contribution in [0.25, 0.3) is 0 Å². The zero-order valence-corrected chi connectivity index (χ0v) is 9.69. The van der Waals surface area contributed by atoms with E-state index in [-0.39, 0.29) is 6.10 Å². The Labute approximate surface area is 92.4 Å². The average molecular weight is 213 g/mol. The van der Waals surface area contributed by atoms with Crippen molar-refractivity contribution in [2.24, 2.45) is 0 Å². The van der Waals surface area contributed by atoms with Gasteiger partial charge in [0.15, 0.2) is 0 Å². The van der Waals surface area contributed by atoms with Crippen LogP contribution in [0.1, 0.15) is 38.5 Å². The molecule has 0 aromatic rings. The van der Waals surface area contributed by atoms with Gasteiger partial charge in [-0.25, -0.2) is 0 Å². The van der Waals surface area contributed by atoms with Gasteiger partial charge in [-0.05, 0) is 45.6 Å². The van der Waals surface area contributed by atoms with Crippen LogP contribution in [0.15, 0.2) is 0 Å². The van der Waals surface area contributed by atoms with Crippen LogP contribution in [0, 0.1) is 0 Å². The highest BCUT2D eigenvalue weighted by molar-refractivity contribution is 4.85. The second kappa shape index (κ2) is 5.28. The minimum absolute atomic E-state index is 0.112. The van der Waals surface area contributed by atoms with Crippen LogP contribution in [0.3, 0.4) is 0 Å². The van der Waals surface area contributed by atoms with Crippen LogP contribution in [0.2, 0.25) is 0 Å². The van der Waals surface area contributed by atoms with Crippen LogP contribution in [-0.4, -0.2) is 48.5 Å². The summed E-state index contributed by atoms with van der Waals surface area (Å²) >= 11 is 0. The quantitative estimate of drug-likeness (QED) is 0.769. The zero-order valence-electron chi connectivity index (χ0n) is 9.69. The smallest absolute Gasteiger partial charge is 0.0702 e. The number of aliphatic hydroxyl groups is 1. The molecule has 1 saturated heterocycles. The molecule has 0 radical (unpaired) electrons. The highest BCUT2D eigenvalue weighted by Crippen LogP contribution is 2.24. The molecule has 1 heterocycles. The molecule has 15 heavy (non-hydrogen) atoms. The summed E-state index contributed by atoms with van der Waals surface area (Å²) in [5, 5.41) is 9.81. The largest absolute Gasteiger partial charge is 0.391 e. The number of rotatable bonds is 3. The number of aliphatic hydroxyl groups excluding tert-OH is 1. The molecule has 1 aliphatic heterocycles. The number of hydrogen-bond donors (Lipinski definition) is 1. The van der Waals surface area contributed by atoms with E-state index >= 15 is 0 Å². The first-order chi connectivity index (χ1) is 7.27. The minimum atomic E-state index is -0.112. The molecule has 88 valence electrons. The average Bonchev–Trinajstić information content (AvgIpc) is 2.66. The Balaban J connectivity index is 1.77. The third-order valence-corrected chi connectivity index (χ3v) is 3.78. The Morgan fingerprint density at radius 2 is 2.07 bits per heavy atom. The topological polar surface area (TPSA) is 32.7 Å². The van der Waals surface area contributed by atoms with Crippen molar-refractivity contribution in [3.05, 3.63) is 0 Å². The molecule has 0 amide bonds. The third kappa shape index (κ3) is 2.92. The van der Waals surface area contributed by atoms with Gasteiger partial charge in [0, 0.05) is 19.2 Å². The van der Waals surface area contributed by atoms with Crippen molar-refractivity contribution >= 4 is 0 Å². The fraction of sp³-hybridized carbons (Fsp3) is 1.00. The van der Waals surface area contributed by atoms with Crippen molar-refractivity contribution in [3.63, 3.8) is 0 Å². The van der Waals surface area contributed by atoms with Gasteiger partial charge >= 0.3 is 0 Å². The SMILES string of the molecule is CN(CC1CCCCO1)C1CCCC1O. The zero-order chi connectivity index (χ0) is 10.7. The van der Waals surface area contributed by atoms with E-state index in [1.165, 1.54) is 25.7 Å². The van der Waals surface area contributed by atoms with Gasteiger partial charge in [0.1, 0.15) is 0 Å². The van der Waals surface area contributed by atoms with Crippen molar-refractivity contribution in [3.8, 4) is 0 Å². The molecule has 1 aliphatic carbocycles. The van der Waals surface area contributed by atoms with Gasteiger partial charge in [-0.3, -0.25) is 4.90 Å². The van der Waals surface area contributed by atoms with E-state index in [0.717, 1.165) is 26.0 Å². The first-order valence-electron chi connectivity index (χ1n) is 6.27. The predicted octanol–water partition coefficient (Wildman–Crippen LogP) is 1.40. The van der Waals surface area contributed by atoms with E-state index in [0.29, 0.717) is 12.1 Å². The first-order valence-corrected chi connectivity index (χ1v) is 6.27. The summed E-state index contributed by atoms with van der Waals surface area (Å²) in [6.45, 7) is 1.91. The van der Waals surface area contributed by atoms with E-state index in [2.05, 4.69) is 11.9 Å². The fourth-order valence-corrected chi connectivity index (χ4v) is 2.84. The predicted molar refractivity (Wildman–Crippen MR) is 59.9 cm³/mol. The van der Waals surface area contributed by atoms with Crippen LogP contribution in [-0.2, 0) is 4.74 Å². The molecule has 0 spiro atoms. The monoisotopic (exact) mass is 213 g/mol. The molecular formula is C12H23NO2. The summed E-state index contributed by atoms with van der Waals surface area (Å²) in [5.41, 5.74) is 0. The van der Waals surface area contributed by atoms with E-state index in [1.54, 1.807) is 0 Å². The van der Waals surface area contributed by atoms with Gasteiger partial charge in [-0.2, -0.15) is 0 Å². The molecule has 2 fully saturated rings. The standard InChI is InChI=1S/C12H23NO2/c1-13(11-6-4-7-12(11)14)9-10-5-2-3-8-15-10/h10-12,14H,2-9H2,1H3. The van der Waals surface area contributed by atoms with Gasteiger partial charge in [0.05, 0.1) is 12.2 Å². The lowest BCUT2D eigenvalue weighted by Crippen LogP contribution is -2.43. The molecule has 3 atom stereocenters. The molecule has 3 heteroatoms. The summed E-state index contributed by atoms with van der Waals surface area (Å²) < 4.78 is 5.72. The van der Waals surface area contributed by atoms with Crippen molar-refractivity contribution in [2.45, 2.75) is 56.8 Å². The second-order valence-corrected chi connectivity index (χ2v) is 4.99. The first kappa shape index (κ1) is 11.4. The lowest BCUT2D eigenvalue weighted by molar-refractivity contribution is -0.0183. The van der Waals surface area contributed by atoms with Crippen LogP contribution in [0.5, 0.6) is 0 Å². The van der Waals surface area contributed by atoms with Gasteiger partial charge in [0.2, 0.25) is 0 Å². The fourth-order valence-electron chi connectivity index (χ4n) is 2.84. The van der Waals surface area contributed by atoms with Crippen molar-refractivity contribution < 1.29 is 9.84 Å². The summed E-state index contributed by atoms with van der Waals surface area (Å²) in [6, 6.07) is 0.371. The van der Waals surface area contributed by atoms with E-state index in [1.807, 2.05) is 0 Å². The molecule has 0 aromatic carbocycles. The number of likely N-dealkylation sites (N-methyl/N-ethyl adjacent to an activating group) is 1. The molecular weight excluding hydrogens is 190 g/mol. The van der Waals surface area contributed by atoms with Crippen molar-refractivity contribution in [2.75, 3.05) is 20.2 Å². The number of ether oxygens (including phenoxy) is 1. The van der Waals surface area contributed by atoms with Crippen LogP contribution >= 0.6 is 0 Å². The molecule has 1 saturated carbocycles. The Morgan fingerprint density at radius 3 is 2.67 bits per heavy atom. The number of hydrogen-bond acceptors (Lipinski definition) is 3. The third-order valence-electron chi connectivity index (χ3n) is 3.78. The maximum atomic E-state index is 9.81. The summed E-state index contributed by atoms with van der Waals surface area (Å²) in [6.07, 6.45) is 7.27. The number of nitrogens with zero attached hydrogens (tertiary/aromatic N) is 1. The van der Waals surface area contributed by atoms with E-state index in [4.69, 9.17) is 4.74 Å². The van der Waals surface area contributed by atoms with Crippen molar-refractivity contribution in [1.82, 2.24) is 4.90 Å². The summed E-state index contributed by atoms with van der Waals surface area (Å²) in [5.74, 6) is 0. The highest BCUT2D eigenvalue weighted by Gasteiger charge is 2.30. The summed E-state index contributed by atoms with van der Waals surface area (Å²) in [4.78, 5) is 2.30. The lowest BCUT2D eigenvalue weighted by atomic mass is 10.1. The van der Waals surface area contributed by atoms with Crippen molar-refractivity contribution in [1.29, 1.82) is 0 Å². The lowest BCUT2D eigenvalue weighted by Gasteiger charge is -2.32. The van der Waals surface area contributed by atoms with Gasteiger partial charge < -0.3 is 9.84 Å². The van der Waals surface area contributed by atoms with Gasteiger partial charge in [-0.15, -0.1) is 0 Å². The Hall–Kier alpha value is -0.120. The molecule has 2 rings (SSSR count). The van der Waals surface area contributed by atoms with Gasteiger partial charge in [0.25, 0.3) is 0 Å². The molecule has 3 nitrogen and oxygen atoms in total. The summed E-state index contributed by atoms with van der Waals surface area (Å²) in [7, 11) is 2.12. The molecule has 2 aliphatic rings. The Bertz CT molecular complexity index is 192. The second-order valence-electron chi connectivity index (χ2n) is 4.99. The molecule has 0 bridgehead atoms. The molecule has 3 unspecified atom stereocenters. The maximum absolute atomic E-state index is 9.81. The maximum Gasteiger partial charge on any atom is 0.0702 e. The molecule has 1 N–H and O–H groups in total. The van der Waals surface area contributed by atoms with E-state index in [9.17, 15) is 5.11 Å². The van der Waals surface area contributed by atoms with Crippen LogP contribution < -0.4 is 0 Å². The minimum Gasteiger partial charge on any atom is -0.391 e. The normalized spacial score (nSPS) is 37.4. The molecule has 0 aromatic heterocycles. The Kier molecular flexibility index (Phi) is 4.00. The highest BCUT2D eigenvalue weighted by atomic mass is 16.5. The van der Waals surface area contributed by atoms with Gasteiger partial charge in [-0.1, -0.05) is 0 Å². The van der Waals surface area contributed by atoms with Crippen LogP contribution in [0.4, 0.5) is 0 Å². The Morgan fingerprint density at radius 1 is 1.20 bits per heavy atom. The van der Waals surface area contributed by atoms with E-state index < -0.39 is 0 Å².